The van der Waals surface area contributed by atoms with Gasteiger partial charge in [0.2, 0.25) is 21.9 Å². The van der Waals surface area contributed by atoms with E-state index in [0.29, 0.717) is 16.7 Å². The van der Waals surface area contributed by atoms with Crippen molar-refractivity contribution in [1.82, 2.24) is 19.3 Å². The zero-order chi connectivity index (χ0) is 29.0. The van der Waals surface area contributed by atoms with Gasteiger partial charge in [0.15, 0.2) is 0 Å². The molecule has 1 amide bonds. The van der Waals surface area contributed by atoms with Crippen LogP contribution in [0.1, 0.15) is 12.1 Å². The van der Waals surface area contributed by atoms with Gasteiger partial charge >= 0.3 is 0 Å². The van der Waals surface area contributed by atoms with Crippen LogP contribution in [-0.4, -0.2) is 60.3 Å². The number of fused-ring (bicyclic) bond motifs is 2. The van der Waals surface area contributed by atoms with Crippen LogP contribution < -0.4 is 15.4 Å². The summed E-state index contributed by atoms with van der Waals surface area (Å²) in [6.45, 7) is 2.24. The predicted molar refractivity (Wildman–Crippen MR) is 161 cm³/mol. The lowest BCUT2D eigenvalue weighted by Gasteiger charge is -2.23. The molecule has 5 aromatic rings. The number of carbonyl (C=O) groups excluding carboxylic acids is 1. The first kappa shape index (κ1) is 28.3. The molecule has 0 spiro atoms. The number of ether oxygens (including phenoxy) is 1. The van der Waals surface area contributed by atoms with Gasteiger partial charge in [0, 0.05) is 47.8 Å². The molecule has 3 N–H and O–H groups in total. The van der Waals surface area contributed by atoms with Gasteiger partial charge in [-0.3, -0.25) is 15.1 Å². The molecule has 0 aliphatic rings. The van der Waals surface area contributed by atoms with Crippen molar-refractivity contribution in [3.63, 3.8) is 0 Å². The third-order valence-corrected chi connectivity index (χ3v) is 8.66. The molecule has 0 saturated carbocycles. The van der Waals surface area contributed by atoms with E-state index >= 15 is 0 Å². The van der Waals surface area contributed by atoms with E-state index in [-0.39, 0.29) is 36.9 Å². The van der Waals surface area contributed by atoms with Crippen molar-refractivity contribution in [2.75, 3.05) is 37.4 Å². The molecule has 2 heterocycles. The van der Waals surface area contributed by atoms with E-state index in [1.54, 1.807) is 18.2 Å². The van der Waals surface area contributed by atoms with Crippen LogP contribution in [0, 0.1) is 6.92 Å². The molecule has 0 bridgehead atoms. The van der Waals surface area contributed by atoms with Crippen molar-refractivity contribution in [3.8, 4) is 5.75 Å². The number of sulfonamides is 1. The average Bonchev–Trinajstić information content (AvgIpc) is 3.37. The molecule has 0 unspecified atom stereocenters. The first-order valence-corrected chi connectivity index (χ1v) is 14.7. The summed E-state index contributed by atoms with van der Waals surface area (Å²) in [6, 6.07) is 20.9. The van der Waals surface area contributed by atoms with Crippen LogP contribution in [0.3, 0.4) is 0 Å². The van der Waals surface area contributed by atoms with E-state index < -0.39 is 10.0 Å². The van der Waals surface area contributed by atoms with Gasteiger partial charge in [0.1, 0.15) is 5.75 Å². The molecule has 0 fully saturated rings. The van der Waals surface area contributed by atoms with E-state index in [4.69, 9.17) is 16.3 Å². The van der Waals surface area contributed by atoms with Crippen LogP contribution in [0.25, 0.3) is 21.9 Å². The molecule has 12 heteroatoms. The Morgan fingerprint density at radius 3 is 2.54 bits per heavy atom. The minimum absolute atomic E-state index is 0.0376. The molecular weight excluding hydrogens is 564 g/mol. The monoisotopic (exact) mass is 592 g/mol. The molecule has 41 heavy (non-hydrogen) atoms. The molecule has 212 valence electrons. The fraction of sp³-hybridized carbons (Fsp3) is 0.207. The second-order valence-corrected chi connectivity index (χ2v) is 11.8. The van der Waals surface area contributed by atoms with Crippen molar-refractivity contribution in [1.29, 1.82) is 0 Å². The molecule has 5 rings (SSSR count). The Labute approximate surface area is 242 Å². The van der Waals surface area contributed by atoms with Gasteiger partial charge in [-0.25, -0.2) is 13.4 Å². The standard InChI is InChI=1S/C29H29ClN6O4S/c1-19-17-27(23-18-20(30)7-12-24(23)32-19)31-14-16-36(41(38,39)22-10-8-21(40-2)9-11-22)15-13-28(37)35-29-33-25-5-3-4-6-26(25)34-29/h3-12,17-18H,13-16H2,1-2H3,(H,31,32)(H2,33,34,35,37). The van der Waals surface area contributed by atoms with Crippen LogP contribution in [0.4, 0.5) is 11.6 Å². The number of para-hydroxylation sites is 2. The number of hydrogen-bond acceptors (Lipinski definition) is 7. The average molecular weight is 593 g/mol. The number of pyridine rings is 1. The molecule has 10 nitrogen and oxygen atoms in total. The molecule has 3 aromatic carbocycles. The molecule has 0 atom stereocenters. The normalized spacial score (nSPS) is 11.7. The number of anilines is 2. The Hall–Kier alpha value is -4.19. The highest BCUT2D eigenvalue weighted by molar-refractivity contribution is 7.89. The van der Waals surface area contributed by atoms with Crippen molar-refractivity contribution in [3.05, 3.63) is 83.5 Å². The Kier molecular flexibility index (Phi) is 8.39. The highest BCUT2D eigenvalue weighted by Gasteiger charge is 2.25. The second-order valence-electron chi connectivity index (χ2n) is 9.38. The fourth-order valence-electron chi connectivity index (χ4n) is 4.47. The van der Waals surface area contributed by atoms with Gasteiger partial charge in [0.25, 0.3) is 0 Å². The third kappa shape index (κ3) is 6.59. The number of nitrogens with one attached hydrogen (secondary N) is 3. The summed E-state index contributed by atoms with van der Waals surface area (Å²) in [6.07, 6.45) is -0.0701. The lowest BCUT2D eigenvalue weighted by molar-refractivity contribution is -0.116. The summed E-state index contributed by atoms with van der Waals surface area (Å²) < 4.78 is 33.8. The lowest BCUT2D eigenvalue weighted by atomic mass is 10.1. The van der Waals surface area contributed by atoms with Crippen molar-refractivity contribution < 1.29 is 17.9 Å². The van der Waals surface area contributed by atoms with Gasteiger partial charge in [-0.1, -0.05) is 23.7 Å². The molecule has 0 saturated heterocycles. The maximum atomic E-state index is 13.7. The first-order chi connectivity index (χ1) is 19.7. The van der Waals surface area contributed by atoms with E-state index in [9.17, 15) is 13.2 Å². The zero-order valence-corrected chi connectivity index (χ0v) is 24.1. The summed E-state index contributed by atoms with van der Waals surface area (Å²) in [7, 11) is -2.41. The van der Waals surface area contributed by atoms with Crippen LogP contribution >= 0.6 is 11.6 Å². The highest BCUT2D eigenvalue weighted by Crippen LogP contribution is 2.26. The number of nitrogens with zero attached hydrogens (tertiary/aromatic N) is 3. The maximum absolute atomic E-state index is 13.7. The predicted octanol–water partition coefficient (Wildman–Crippen LogP) is 5.21. The minimum Gasteiger partial charge on any atom is -0.497 e. The Morgan fingerprint density at radius 2 is 1.78 bits per heavy atom. The van der Waals surface area contributed by atoms with E-state index in [1.165, 1.54) is 23.5 Å². The highest BCUT2D eigenvalue weighted by atomic mass is 35.5. The van der Waals surface area contributed by atoms with Gasteiger partial charge in [0.05, 0.1) is 28.6 Å². The number of amides is 1. The maximum Gasteiger partial charge on any atom is 0.243 e. The summed E-state index contributed by atoms with van der Waals surface area (Å²) >= 11 is 6.22. The lowest BCUT2D eigenvalue weighted by Crippen LogP contribution is -2.37. The van der Waals surface area contributed by atoms with Gasteiger partial charge in [-0.05, 0) is 67.6 Å². The number of aromatic amines is 1. The first-order valence-electron chi connectivity index (χ1n) is 12.9. The summed E-state index contributed by atoms with van der Waals surface area (Å²) in [5.74, 6) is 0.485. The number of H-pyrrole nitrogens is 1. The quantitative estimate of drug-likeness (QED) is 0.192. The topological polar surface area (TPSA) is 129 Å². The van der Waals surface area contributed by atoms with Gasteiger partial charge < -0.3 is 15.0 Å². The number of rotatable bonds is 11. The minimum atomic E-state index is -3.93. The molecular formula is C29H29ClN6O4S. The molecule has 0 radical (unpaired) electrons. The number of aryl methyl sites for hydroxylation is 1. The number of halogens is 1. The van der Waals surface area contributed by atoms with Crippen LogP contribution in [0.5, 0.6) is 5.75 Å². The van der Waals surface area contributed by atoms with Crippen molar-refractivity contribution >= 4 is 61.1 Å². The largest absolute Gasteiger partial charge is 0.497 e. The van der Waals surface area contributed by atoms with Crippen molar-refractivity contribution in [2.24, 2.45) is 0 Å². The van der Waals surface area contributed by atoms with E-state index in [2.05, 4.69) is 25.6 Å². The zero-order valence-electron chi connectivity index (χ0n) is 22.5. The number of hydrogen-bond donors (Lipinski definition) is 3. The summed E-state index contributed by atoms with van der Waals surface area (Å²) in [5.41, 5.74) is 3.89. The number of carbonyl (C=O) groups is 1. The third-order valence-electron chi connectivity index (χ3n) is 6.51. The number of aromatic nitrogens is 3. The Bertz CT molecular complexity index is 1780. The van der Waals surface area contributed by atoms with Crippen LogP contribution in [0.2, 0.25) is 5.02 Å². The number of benzene rings is 3. The molecule has 2 aromatic heterocycles. The molecule has 0 aliphatic heterocycles. The SMILES string of the molecule is COc1ccc(S(=O)(=O)N(CCNc2cc(C)nc3ccc(Cl)cc23)CCC(=O)Nc2nc3ccccc3[nH]2)cc1. The summed E-state index contributed by atoms with van der Waals surface area (Å²) in [5, 5.41) is 7.46. The molecule has 0 aliphatic carbocycles. The Morgan fingerprint density at radius 1 is 1.00 bits per heavy atom. The van der Waals surface area contributed by atoms with Gasteiger partial charge in [-0.15, -0.1) is 0 Å². The summed E-state index contributed by atoms with van der Waals surface area (Å²) in [4.78, 5) is 24.9. The number of methoxy groups -OCH3 is 1. The smallest absolute Gasteiger partial charge is 0.243 e. The van der Waals surface area contributed by atoms with Crippen molar-refractivity contribution in [2.45, 2.75) is 18.2 Å². The van der Waals surface area contributed by atoms with Crippen LogP contribution in [0.15, 0.2) is 77.7 Å². The number of imidazole rings is 1. The Balaban J connectivity index is 1.32. The second kappa shape index (κ2) is 12.1. The van der Waals surface area contributed by atoms with Crippen LogP contribution in [-0.2, 0) is 14.8 Å². The van der Waals surface area contributed by atoms with Gasteiger partial charge in [-0.2, -0.15) is 4.31 Å². The van der Waals surface area contributed by atoms with E-state index in [0.717, 1.165) is 33.3 Å². The fourth-order valence-corrected chi connectivity index (χ4v) is 6.09. The van der Waals surface area contributed by atoms with E-state index in [1.807, 2.05) is 49.4 Å².